The molecule has 0 bridgehead atoms. The molecule has 2 nitrogen and oxygen atoms in total. The summed E-state index contributed by atoms with van der Waals surface area (Å²) in [6.07, 6.45) is -2.51. The number of nitrogens with zero attached hydrogens (tertiary/aromatic N) is 2. The van der Waals surface area contributed by atoms with Gasteiger partial charge in [0, 0.05) is 14.2 Å². The van der Waals surface area contributed by atoms with Crippen molar-refractivity contribution in [3.63, 3.8) is 0 Å². The van der Waals surface area contributed by atoms with E-state index >= 15 is 0 Å². The van der Waals surface area contributed by atoms with Crippen LogP contribution in [-0.4, -0.2) is 16.0 Å². The molecule has 4 rings (SSSR count). The van der Waals surface area contributed by atoms with Crippen molar-refractivity contribution in [1.29, 1.82) is 0 Å². The van der Waals surface area contributed by atoms with Crippen molar-refractivity contribution in [2.45, 2.75) is 11.1 Å². The molecule has 0 spiro atoms. The third-order valence-corrected chi connectivity index (χ3v) is 6.85. The Kier molecular flexibility index (Phi) is 5.59. The quantitative estimate of drug-likeness (QED) is 0.269. The van der Waals surface area contributed by atoms with Gasteiger partial charge in [-0.15, -0.1) is 23.1 Å². The van der Waals surface area contributed by atoms with Crippen LogP contribution >= 0.6 is 39.0 Å². The zero-order valence-electron chi connectivity index (χ0n) is 15.1. The molecule has 0 saturated carbocycles. The Hall–Kier alpha value is -2.03. The van der Waals surface area contributed by atoms with Gasteiger partial charge in [0.05, 0.1) is 16.3 Å². The zero-order chi connectivity index (χ0) is 20.6. The third kappa shape index (κ3) is 4.15. The highest BCUT2D eigenvalue weighted by molar-refractivity contribution is 9.10. The minimum absolute atomic E-state index is 0.404. The number of benzene rings is 2. The Morgan fingerprint density at radius 2 is 1.72 bits per heavy atom. The SMILES string of the molecule is CSc1cccc(-c2ccc(-c3cc(C(F)(F)F)nn3-c3ccccc3Br)s2)c1. The van der Waals surface area contributed by atoms with Crippen LogP contribution in [0.3, 0.4) is 0 Å². The lowest BCUT2D eigenvalue weighted by atomic mass is 10.2. The molecule has 0 radical (unpaired) electrons. The Labute approximate surface area is 182 Å². The Morgan fingerprint density at radius 3 is 2.45 bits per heavy atom. The second kappa shape index (κ2) is 8.01. The van der Waals surface area contributed by atoms with Gasteiger partial charge in [0.15, 0.2) is 5.69 Å². The molecular weight excluding hydrogens is 481 g/mol. The number of alkyl halides is 3. The standard InChI is InChI=1S/C21H14BrF3N2S2/c1-28-14-6-4-5-13(11-14)18-9-10-19(29-18)17-12-20(21(23,24)25)26-27(17)16-8-3-2-7-15(16)22/h2-12H,1H3. The lowest BCUT2D eigenvalue weighted by molar-refractivity contribution is -0.141. The molecule has 2 aromatic heterocycles. The molecule has 0 unspecified atom stereocenters. The van der Waals surface area contributed by atoms with E-state index in [9.17, 15) is 13.2 Å². The fraction of sp³-hybridized carbons (Fsp3) is 0.0952. The molecule has 0 atom stereocenters. The fourth-order valence-corrected chi connectivity index (χ4v) is 4.83. The molecule has 2 heterocycles. The summed E-state index contributed by atoms with van der Waals surface area (Å²) < 4.78 is 42.2. The van der Waals surface area contributed by atoms with Crippen LogP contribution in [0.2, 0.25) is 0 Å². The lowest BCUT2D eigenvalue weighted by Crippen LogP contribution is -2.07. The van der Waals surface area contributed by atoms with Gasteiger partial charge in [-0.1, -0.05) is 24.3 Å². The van der Waals surface area contributed by atoms with Crippen LogP contribution in [-0.2, 0) is 6.18 Å². The molecule has 0 N–H and O–H groups in total. The maximum absolute atomic E-state index is 13.4. The Balaban J connectivity index is 1.84. The molecule has 0 aliphatic carbocycles. The molecule has 8 heteroatoms. The summed E-state index contributed by atoms with van der Waals surface area (Å²) >= 11 is 6.51. The van der Waals surface area contributed by atoms with E-state index in [0.29, 0.717) is 20.7 Å². The van der Waals surface area contributed by atoms with Crippen molar-refractivity contribution in [1.82, 2.24) is 9.78 Å². The van der Waals surface area contributed by atoms with Crippen molar-refractivity contribution in [2.24, 2.45) is 0 Å². The predicted molar refractivity (Wildman–Crippen MR) is 117 cm³/mol. The zero-order valence-corrected chi connectivity index (χ0v) is 18.3. The van der Waals surface area contributed by atoms with E-state index in [1.54, 1.807) is 30.0 Å². The normalized spacial score (nSPS) is 11.8. The maximum Gasteiger partial charge on any atom is 0.435 e. The fourth-order valence-electron chi connectivity index (χ4n) is 2.91. The average Bonchev–Trinajstić information content (AvgIpc) is 3.35. The second-order valence-corrected chi connectivity index (χ2v) is 8.99. The first-order valence-electron chi connectivity index (χ1n) is 8.53. The average molecular weight is 495 g/mol. The van der Waals surface area contributed by atoms with Crippen LogP contribution in [0.1, 0.15) is 5.69 Å². The summed E-state index contributed by atoms with van der Waals surface area (Å²) in [5.41, 5.74) is 1.08. The topological polar surface area (TPSA) is 17.8 Å². The molecule has 0 fully saturated rings. The van der Waals surface area contributed by atoms with Gasteiger partial charge in [0.25, 0.3) is 0 Å². The van der Waals surface area contributed by atoms with E-state index in [2.05, 4.69) is 27.1 Å². The highest BCUT2D eigenvalue weighted by Gasteiger charge is 2.35. The minimum atomic E-state index is -4.52. The van der Waals surface area contributed by atoms with Crippen LogP contribution in [0.15, 0.2) is 76.1 Å². The maximum atomic E-state index is 13.4. The Bertz CT molecular complexity index is 1160. The van der Waals surface area contributed by atoms with Crippen molar-refractivity contribution in [3.8, 4) is 26.7 Å². The Morgan fingerprint density at radius 1 is 0.966 bits per heavy atom. The van der Waals surface area contributed by atoms with Crippen LogP contribution in [0.5, 0.6) is 0 Å². The summed E-state index contributed by atoms with van der Waals surface area (Å²) in [7, 11) is 0. The van der Waals surface area contributed by atoms with Gasteiger partial charge < -0.3 is 0 Å². The van der Waals surface area contributed by atoms with Gasteiger partial charge in [-0.3, -0.25) is 0 Å². The molecule has 2 aromatic carbocycles. The van der Waals surface area contributed by atoms with Crippen molar-refractivity contribution >= 4 is 39.0 Å². The van der Waals surface area contributed by atoms with Gasteiger partial charge in [-0.2, -0.15) is 18.3 Å². The first kappa shape index (κ1) is 20.3. The van der Waals surface area contributed by atoms with Crippen molar-refractivity contribution < 1.29 is 13.2 Å². The monoisotopic (exact) mass is 494 g/mol. The van der Waals surface area contributed by atoms with Gasteiger partial charge in [-0.05, 0) is 70.2 Å². The van der Waals surface area contributed by atoms with E-state index in [1.807, 2.05) is 42.7 Å². The van der Waals surface area contributed by atoms with E-state index in [-0.39, 0.29) is 0 Å². The lowest BCUT2D eigenvalue weighted by Gasteiger charge is -2.08. The molecular formula is C21H14BrF3N2S2. The van der Waals surface area contributed by atoms with E-state index in [1.165, 1.54) is 16.0 Å². The molecule has 29 heavy (non-hydrogen) atoms. The highest BCUT2D eigenvalue weighted by atomic mass is 79.9. The minimum Gasteiger partial charge on any atom is -0.231 e. The van der Waals surface area contributed by atoms with Gasteiger partial charge in [0.2, 0.25) is 0 Å². The molecule has 4 aromatic rings. The highest BCUT2D eigenvalue weighted by Crippen LogP contribution is 2.39. The number of hydrogen-bond donors (Lipinski definition) is 0. The third-order valence-electron chi connectivity index (χ3n) is 4.29. The molecule has 0 aliphatic rings. The van der Waals surface area contributed by atoms with Crippen molar-refractivity contribution in [2.75, 3.05) is 6.26 Å². The predicted octanol–water partition coefficient (Wildman–Crippen LogP) is 7.77. The molecule has 0 saturated heterocycles. The smallest absolute Gasteiger partial charge is 0.231 e. The summed E-state index contributed by atoms with van der Waals surface area (Å²) in [6, 6.07) is 20.1. The number of rotatable bonds is 4. The second-order valence-electron chi connectivity index (χ2n) is 6.17. The van der Waals surface area contributed by atoms with Crippen LogP contribution < -0.4 is 0 Å². The van der Waals surface area contributed by atoms with Crippen molar-refractivity contribution in [3.05, 3.63) is 76.9 Å². The number of thioether (sulfide) groups is 1. The molecule has 148 valence electrons. The van der Waals surface area contributed by atoms with Crippen LogP contribution in [0.25, 0.3) is 26.7 Å². The summed E-state index contributed by atoms with van der Waals surface area (Å²) in [5, 5.41) is 3.86. The number of halogens is 4. The van der Waals surface area contributed by atoms with Gasteiger partial charge in [0.1, 0.15) is 0 Å². The first-order chi connectivity index (χ1) is 13.9. The summed E-state index contributed by atoms with van der Waals surface area (Å²) in [4.78, 5) is 2.84. The van der Waals surface area contributed by atoms with E-state index in [4.69, 9.17) is 0 Å². The summed E-state index contributed by atoms with van der Waals surface area (Å²) in [6.45, 7) is 0. The van der Waals surface area contributed by atoms with Crippen LogP contribution in [0.4, 0.5) is 13.2 Å². The van der Waals surface area contributed by atoms with Gasteiger partial charge in [-0.25, -0.2) is 4.68 Å². The number of aromatic nitrogens is 2. The summed E-state index contributed by atoms with van der Waals surface area (Å²) in [5.74, 6) is 0. The number of hydrogen-bond acceptors (Lipinski definition) is 3. The van der Waals surface area contributed by atoms with E-state index < -0.39 is 11.9 Å². The molecule has 0 amide bonds. The molecule has 0 aliphatic heterocycles. The van der Waals surface area contributed by atoms with E-state index in [0.717, 1.165) is 21.4 Å². The van der Waals surface area contributed by atoms with Crippen LogP contribution in [0, 0.1) is 0 Å². The number of thiophene rings is 1. The first-order valence-corrected chi connectivity index (χ1v) is 11.4. The largest absolute Gasteiger partial charge is 0.435 e. The number of para-hydroxylation sites is 1. The van der Waals surface area contributed by atoms with Gasteiger partial charge >= 0.3 is 6.18 Å².